The van der Waals surface area contributed by atoms with Crippen molar-refractivity contribution in [3.63, 3.8) is 0 Å². The van der Waals surface area contributed by atoms with Gasteiger partial charge in [-0.1, -0.05) is 18.2 Å². The van der Waals surface area contributed by atoms with Gasteiger partial charge in [0, 0.05) is 54.5 Å². The Balaban J connectivity index is 1.51. The van der Waals surface area contributed by atoms with Gasteiger partial charge in [0.15, 0.2) is 0 Å². The van der Waals surface area contributed by atoms with Crippen molar-refractivity contribution < 1.29 is 14.6 Å². The minimum absolute atomic E-state index is 0.640. The number of methoxy groups -OCH3 is 1. The number of aliphatic carboxylic acids is 1. The molecule has 2 heterocycles. The van der Waals surface area contributed by atoms with E-state index in [4.69, 9.17) is 4.74 Å². The molecule has 4 rings (SSSR count). The number of H-pyrrole nitrogens is 1. The maximum atomic E-state index is 12.1. The third kappa shape index (κ3) is 3.36. The molecule has 1 aromatic heterocycles. The Kier molecular flexibility index (Phi) is 4.73. The second kappa shape index (κ2) is 7.32. The lowest BCUT2D eigenvalue weighted by molar-refractivity contribution is -0.143. The molecule has 0 unspecified atom stereocenters. The first-order valence-electron chi connectivity index (χ1n) is 9.09. The molecule has 1 atom stereocenters. The van der Waals surface area contributed by atoms with Crippen LogP contribution in [0.1, 0.15) is 11.6 Å². The summed E-state index contributed by atoms with van der Waals surface area (Å²) < 4.78 is 5.21. The van der Waals surface area contributed by atoms with Gasteiger partial charge in [-0.3, -0.25) is 9.69 Å². The summed E-state index contributed by atoms with van der Waals surface area (Å²) in [4.78, 5) is 19.6. The predicted molar refractivity (Wildman–Crippen MR) is 105 cm³/mol. The maximum Gasteiger partial charge on any atom is 0.325 e. The molecular formula is C21H23N3O3. The number of piperazine rings is 1. The third-order valence-electron chi connectivity index (χ3n) is 5.27. The van der Waals surface area contributed by atoms with Gasteiger partial charge in [-0.05, 0) is 30.3 Å². The highest BCUT2D eigenvalue weighted by atomic mass is 16.5. The summed E-state index contributed by atoms with van der Waals surface area (Å²) >= 11 is 0. The average molecular weight is 365 g/mol. The van der Waals surface area contributed by atoms with E-state index in [1.807, 2.05) is 54.7 Å². The lowest BCUT2D eigenvalue weighted by atomic mass is 10.0. The highest BCUT2D eigenvalue weighted by Crippen LogP contribution is 2.30. The van der Waals surface area contributed by atoms with E-state index in [9.17, 15) is 9.90 Å². The molecule has 6 heteroatoms. The number of ether oxygens (including phenoxy) is 1. The highest BCUT2D eigenvalue weighted by Gasteiger charge is 2.32. The molecule has 0 bridgehead atoms. The Morgan fingerprint density at radius 3 is 2.44 bits per heavy atom. The molecule has 1 fully saturated rings. The molecule has 2 aromatic carbocycles. The van der Waals surface area contributed by atoms with Gasteiger partial charge in [-0.25, -0.2) is 0 Å². The van der Waals surface area contributed by atoms with Crippen LogP contribution in [0.2, 0.25) is 0 Å². The molecule has 27 heavy (non-hydrogen) atoms. The fourth-order valence-corrected chi connectivity index (χ4v) is 3.84. The van der Waals surface area contributed by atoms with Crippen molar-refractivity contribution in [1.82, 2.24) is 9.88 Å². The summed E-state index contributed by atoms with van der Waals surface area (Å²) in [6.45, 7) is 2.97. The van der Waals surface area contributed by atoms with E-state index in [0.717, 1.165) is 41.0 Å². The molecule has 2 N–H and O–H groups in total. The van der Waals surface area contributed by atoms with Crippen LogP contribution in [-0.2, 0) is 4.79 Å². The van der Waals surface area contributed by atoms with Crippen molar-refractivity contribution in [1.29, 1.82) is 0 Å². The Labute approximate surface area is 158 Å². The van der Waals surface area contributed by atoms with E-state index in [0.29, 0.717) is 13.1 Å². The van der Waals surface area contributed by atoms with Crippen LogP contribution in [0.5, 0.6) is 5.75 Å². The SMILES string of the molecule is COc1ccc(N2CCN([C@@H](C(=O)O)c3c[nH]c4ccccc34)CC2)cc1. The topological polar surface area (TPSA) is 68.8 Å². The van der Waals surface area contributed by atoms with Crippen molar-refractivity contribution in [3.05, 3.63) is 60.3 Å². The number of aromatic amines is 1. The number of aromatic nitrogens is 1. The van der Waals surface area contributed by atoms with Crippen molar-refractivity contribution >= 4 is 22.6 Å². The van der Waals surface area contributed by atoms with Gasteiger partial charge in [0.25, 0.3) is 0 Å². The molecule has 0 saturated carbocycles. The monoisotopic (exact) mass is 365 g/mol. The first-order chi connectivity index (χ1) is 13.2. The van der Waals surface area contributed by atoms with Gasteiger partial charge < -0.3 is 19.7 Å². The standard InChI is InChI=1S/C21H23N3O3/c1-27-16-8-6-15(7-9-16)23-10-12-24(13-11-23)20(21(25)26)18-14-22-19-5-3-2-4-17(18)19/h2-9,14,20,22H,10-13H2,1H3,(H,25,26)/t20-/m1/s1. The van der Waals surface area contributed by atoms with E-state index in [-0.39, 0.29) is 0 Å². The smallest absolute Gasteiger partial charge is 0.325 e. The van der Waals surface area contributed by atoms with Crippen LogP contribution in [0, 0.1) is 0 Å². The van der Waals surface area contributed by atoms with Crippen LogP contribution < -0.4 is 9.64 Å². The van der Waals surface area contributed by atoms with Gasteiger partial charge >= 0.3 is 5.97 Å². The van der Waals surface area contributed by atoms with Crippen molar-refractivity contribution in [2.75, 3.05) is 38.2 Å². The first kappa shape index (κ1) is 17.4. The minimum atomic E-state index is -0.808. The number of hydrogen-bond donors (Lipinski definition) is 2. The molecule has 1 aliphatic heterocycles. The molecule has 0 radical (unpaired) electrons. The first-order valence-corrected chi connectivity index (χ1v) is 9.09. The summed E-state index contributed by atoms with van der Waals surface area (Å²) in [7, 11) is 1.66. The third-order valence-corrected chi connectivity index (χ3v) is 5.27. The zero-order valence-corrected chi connectivity index (χ0v) is 15.3. The molecule has 1 saturated heterocycles. The Bertz CT molecular complexity index is 927. The summed E-state index contributed by atoms with van der Waals surface area (Å²) in [5, 5.41) is 10.9. The van der Waals surface area contributed by atoms with E-state index in [2.05, 4.69) is 14.8 Å². The number of benzene rings is 2. The molecule has 0 amide bonds. The molecule has 0 spiro atoms. The lowest BCUT2D eigenvalue weighted by Crippen LogP contribution is -2.49. The number of carbonyl (C=O) groups is 1. The summed E-state index contributed by atoms with van der Waals surface area (Å²) in [6, 6.07) is 15.2. The zero-order valence-electron chi connectivity index (χ0n) is 15.3. The number of hydrogen-bond acceptors (Lipinski definition) is 4. The van der Waals surface area contributed by atoms with E-state index in [1.54, 1.807) is 7.11 Å². The maximum absolute atomic E-state index is 12.1. The molecule has 0 aliphatic carbocycles. The van der Waals surface area contributed by atoms with Gasteiger partial charge in [0.05, 0.1) is 7.11 Å². The van der Waals surface area contributed by atoms with Crippen LogP contribution in [0.15, 0.2) is 54.7 Å². The normalized spacial score (nSPS) is 16.4. The van der Waals surface area contributed by atoms with E-state index < -0.39 is 12.0 Å². The Hall–Kier alpha value is -2.99. The highest BCUT2D eigenvalue weighted by molar-refractivity contribution is 5.89. The number of fused-ring (bicyclic) bond motifs is 1. The van der Waals surface area contributed by atoms with Crippen LogP contribution in [-0.4, -0.2) is 54.2 Å². The van der Waals surface area contributed by atoms with Gasteiger partial charge in [0.1, 0.15) is 11.8 Å². The van der Waals surface area contributed by atoms with Crippen LogP contribution in [0.3, 0.4) is 0 Å². The Morgan fingerprint density at radius 1 is 1.07 bits per heavy atom. The largest absolute Gasteiger partial charge is 0.497 e. The summed E-state index contributed by atoms with van der Waals surface area (Å²) in [6.07, 6.45) is 1.83. The predicted octanol–water partition coefficient (Wildman–Crippen LogP) is 3.12. The fourth-order valence-electron chi connectivity index (χ4n) is 3.84. The number of nitrogens with one attached hydrogen (secondary N) is 1. The number of rotatable bonds is 5. The van der Waals surface area contributed by atoms with Gasteiger partial charge in [-0.15, -0.1) is 0 Å². The second-order valence-electron chi connectivity index (χ2n) is 6.75. The van der Waals surface area contributed by atoms with Gasteiger partial charge in [-0.2, -0.15) is 0 Å². The molecule has 3 aromatic rings. The van der Waals surface area contributed by atoms with Crippen LogP contribution >= 0.6 is 0 Å². The van der Waals surface area contributed by atoms with Crippen molar-refractivity contribution in [2.45, 2.75) is 6.04 Å². The minimum Gasteiger partial charge on any atom is -0.497 e. The van der Waals surface area contributed by atoms with E-state index in [1.165, 1.54) is 0 Å². The number of carboxylic acids is 1. The summed E-state index contributed by atoms with van der Waals surface area (Å²) in [5.74, 6) is 0.0281. The quantitative estimate of drug-likeness (QED) is 0.727. The molecular weight excluding hydrogens is 342 g/mol. The lowest BCUT2D eigenvalue weighted by Gasteiger charge is -2.38. The van der Waals surface area contributed by atoms with Crippen LogP contribution in [0.25, 0.3) is 10.9 Å². The second-order valence-corrected chi connectivity index (χ2v) is 6.75. The number of para-hydroxylation sites is 1. The molecule has 1 aliphatic rings. The fraction of sp³-hybridized carbons (Fsp3) is 0.286. The van der Waals surface area contributed by atoms with E-state index >= 15 is 0 Å². The summed E-state index contributed by atoms with van der Waals surface area (Å²) in [5.41, 5.74) is 2.93. The molecule has 140 valence electrons. The van der Waals surface area contributed by atoms with Gasteiger partial charge in [0.2, 0.25) is 0 Å². The number of anilines is 1. The number of carboxylic acid groups (broad SMARTS) is 1. The number of nitrogens with zero attached hydrogens (tertiary/aromatic N) is 2. The van der Waals surface area contributed by atoms with Crippen LogP contribution in [0.4, 0.5) is 5.69 Å². The van der Waals surface area contributed by atoms with Crippen molar-refractivity contribution in [3.8, 4) is 5.75 Å². The Morgan fingerprint density at radius 2 is 1.78 bits per heavy atom. The zero-order chi connectivity index (χ0) is 18.8. The molecule has 6 nitrogen and oxygen atoms in total. The average Bonchev–Trinajstić information content (AvgIpc) is 3.12. The van der Waals surface area contributed by atoms with Crippen molar-refractivity contribution in [2.24, 2.45) is 0 Å².